The lowest BCUT2D eigenvalue weighted by Crippen LogP contribution is -2.13. The summed E-state index contributed by atoms with van der Waals surface area (Å²) in [5, 5.41) is 8.55. The van der Waals surface area contributed by atoms with Crippen LogP contribution >= 0.6 is 0 Å². The van der Waals surface area contributed by atoms with Gasteiger partial charge in [-0.25, -0.2) is 9.59 Å². The molecule has 7 nitrogen and oxygen atoms in total. The van der Waals surface area contributed by atoms with Crippen molar-refractivity contribution in [1.82, 2.24) is 0 Å². The van der Waals surface area contributed by atoms with Crippen LogP contribution in [0.2, 0.25) is 0 Å². The van der Waals surface area contributed by atoms with E-state index in [1.54, 1.807) is 0 Å². The van der Waals surface area contributed by atoms with Gasteiger partial charge in [0.15, 0.2) is 0 Å². The minimum absolute atomic E-state index is 0.00730. The van der Waals surface area contributed by atoms with Crippen molar-refractivity contribution in [3.63, 3.8) is 0 Å². The molecule has 1 aromatic rings. The van der Waals surface area contributed by atoms with Crippen LogP contribution in [0.1, 0.15) is 27.6 Å². The van der Waals surface area contributed by atoms with E-state index in [-0.39, 0.29) is 37.6 Å². The van der Waals surface area contributed by atoms with Crippen molar-refractivity contribution >= 4 is 17.9 Å². The van der Waals surface area contributed by atoms with E-state index >= 15 is 0 Å². The number of ether oxygens (including phenoxy) is 3. The lowest BCUT2D eigenvalue weighted by Gasteiger charge is -2.06. The molecule has 0 saturated carbocycles. The Hall–Kier alpha value is -2.41. The smallest absolute Gasteiger partial charge is 0.338 e. The van der Waals surface area contributed by atoms with Gasteiger partial charge in [-0.1, -0.05) is 0 Å². The van der Waals surface area contributed by atoms with Gasteiger partial charge in [-0.05, 0) is 24.3 Å². The van der Waals surface area contributed by atoms with Crippen LogP contribution in [-0.2, 0) is 19.0 Å². The average Bonchev–Trinajstić information content (AvgIpc) is 2.49. The highest BCUT2D eigenvalue weighted by molar-refractivity contribution is 5.93. The Bertz CT molecular complexity index is 493. The molecule has 0 spiro atoms. The fraction of sp³-hybridized carbons (Fsp3) is 0.357. The van der Waals surface area contributed by atoms with Gasteiger partial charge >= 0.3 is 17.9 Å². The standard InChI is InChI=1S/C14H16O7/c1-10(16)19-8-9-21-14(18)12-4-2-11(3-5-12)13(17)20-7-6-15/h2-5,15H,6-9H2,1H3. The zero-order chi connectivity index (χ0) is 15.7. The predicted octanol–water partition coefficient (Wildman–Crippen LogP) is 0.556. The maximum atomic E-state index is 11.6. The summed E-state index contributed by atoms with van der Waals surface area (Å²) in [6.45, 7) is 0.874. The summed E-state index contributed by atoms with van der Waals surface area (Å²) in [7, 11) is 0. The molecule has 0 fully saturated rings. The van der Waals surface area contributed by atoms with E-state index in [4.69, 9.17) is 14.6 Å². The Morgan fingerprint density at radius 2 is 1.29 bits per heavy atom. The second-order valence-corrected chi connectivity index (χ2v) is 3.91. The summed E-state index contributed by atoms with van der Waals surface area (Å²) < 4.78 is 14.2. The summed E-state index contributed by atoms with van der Waals surface area (Å²) >= 11 is 0. The molecule has 0 heterocycles. The molecule has 0 amide bonds. The first-order valence-electron chi connectivity index (χ1n) is 6.23. The molecule has 0 atom stereocenters. The zero-order valence-corrected chi connectivity index (χ0v) is 11.5. The fourth-order valence-electron chi connectivity index (χ4n) is 1.37. The Balaban J connectivity index is 2.47. The van der Waals surface area contributed by atoms with Crippen molar-refractivity contribution < 1.29 is 33.7 Å². The van der Waals surface area contributed by atoms with Gasteiger partial charge in [0.2, 0.25) is 0 Å². The van der Waals surface area contributed by atoms with E-state index in [0.717, 1.165) is 0 Å². The molecule has 0 aliphatic rings. The molecule has 0 bridgehead atoms. The van der Waals surface area contributed by atoms with Crippen LogP contribution in [0.3, 0.4) is 0 Å². The lowest BCUT2D eigenvalue weighted by atomic mass is 10.1. The molecule has 1 N–H and O–H groups in total. The minimum atomic E-state index is -0.586. The van der Waals surface area contributed by atoms with E-state index in [9.17, 15) is 14.4 Å². The van der Waals surface area contributed by atoms with E-state index in [1.165, 1.54) is 31.2 Å². The SMILES string of the molecule is CC(=O)OCCOC(=O)c1ccc(C(=O)OCCO)cc1. The molecular formula is C14H16O7. The number of carbonyl (C=O) groups excluding carboxylic acids is 3. The van der Waals surface area contributed by atoms with Crippen LogP contribution < -0.4 is 0 Å². The molecule has 7 heteroatoms. The topological polar surface area (TPSA) is 99.1 Å². The molecule has 114 valence electrons. The fourth-order valence-corrected chi connectivity index (χ4v) is 1.37. The summed E-state index contributed by atoms with van der Waals surface area (Å²) in [6, 6.07) is 5.68. The third-order valence-corrected chi connectivity index (χ3v) is 2.30. The summed E-state index contributed by atoms with van der Waals surface area (Å²) in [6.07, 6.45) is 0. The first kappa shape index (κ1) is 16.6. The summed E-state index contributed by atoms with van der Waals surface area (Å²) in [4.78, 5) is 33.6. The lowest BCUT2D eigenvalue weighted by molar-refractivity contribution is -0.142. The average molecular weight is 296 g/mol. The van der Waals surface area contributed by atoms with Crippen molar-refractivity contribution in [3.8, 4) is 0 Å². The van der Waals surface area contributed by atoms with Crippen LogP contribution in [-0.4, -0.2) is 49.4 Å². The van der Waals surface area contributed by atoms with E-state index in [1.807, 2.05) is 0 Å². The second kappa shape index (κ2) is 8.70. The van der Waals surface area contributed by atoms with E-state index in [0.29, 0.717) is 0 Å². The number of hydrogen-bond acceptors (Lipinski definition) is 7. The number of carbonyl (C=O) groups is 3. The maximum absolute atomic E-state index is 11.6. The summed E-state index contributed by atoms with van der Waals surface area (Å²) in [5.74, 6) is -1.62. The molecule has 0 unspecified atom stereocenters. The van der Waals surface area contributed by atoms with Crippen LogP contribution in [0.5, 0.6) is 0 Å². The van der Waals surface area contributed by atoms with Crippen molar-refractivity contribution in [3.05, 3.63) is 35.4 Å². The predicted molar refractivity (Wildman–Crippen MR) is 70.7 cm³/mol. The van der Waals surface area contributed by atoms with Gasteiger partial charge in [-0.2, -0.15) is 0 Å². The molecular weight excluding hydrogens is 280 g/mol. The van der Waals surface area contributed by atoms with Crippen molar-refractivity contribution in [2.45, 2.75) is 6.92 Å². The van der Waals surface area contributed by atoms with Gasteiger partial charge < -0.3 is 19.3 Å². The van der Waals surface area contributed by atoms with Gasteiger partial charge in [0.1, 0.15) is 19.8 Å². The molecule has 21 heavy (non-hydrogen) atoms. The van der Waals surface area contributed by atoms with Crippen LogP contribution in [0.15, 0.2) is 24.3 Å². The third-order valence-electron chi connectivity index (χ3n) is 2.30. The third kappa shape index (κ3) is 6.05. The maximum Gasteiger partial charge on any atom is 0.338 e. The van der Waals surface area contributed by atoms with Gasteiger partial charge in [0, 0.05) is 6.92 Å². The van der Waals surface area contributed by atoms with Gasteiger partial charge in [0.05, 0.1) is 17.7 Å². The minimum Gasteiger partial charge on any atom is -0.462 e. The van der Waals surface area contributed by atoms with Crippen molar-refractivity contribution in [2.75, 3.05) is 26.4 Å². The number of hydrogen-bond donors (Lipinski definition) is 1. The van der Waals surface area contributed by atoms with Gasteiger partial charge in [-0.3, -0.25) is 4.79 Å². The molecule has 0 saturated heterocycles. The van der Waals surface area contributed by atoms with E-state index in [2.05, 4.69) is 4.74 Å². The van der Waals surface area contributed by atoms with Crippen molar-refractivity contribution in [1.29, 1.82) is 0 Å². The molecule has 0 aliphatic heterocycles. The van der Waals surface area contributed by atoms with E-state index < -0.39 is 17.9 Å². The normalized spacial score (nSPS) is 9.81. The Morgan fingerprint density at radius 1 is 0.857 bits per heavy atom. The van der Waals surface area contributed by atoms with Crippen LogP contribution in [0.25, 0.3) is 0 Å². The highest BCUT2D eigenvalue weighted by Crippen LogP contribution is 2.07. The number of benzene rings is 1. The van der Waals surface area contributed by atoms with Crippen LogP contribution in [0, 0.1) is 0 Å². The monoisotopic (exact) mass is 296 g/mol. The van der Waals surface area contributed by atoms with Crippen LogP contribution in [0.4, 0.5) is 0 Å². The Kier molecular flexibility index (Phi) is 6.90. The molecule has 0 aromatic heterocycles. The number of aliphatic hydroxyl groups is 1. The number of rotatable bonds is 7. The highest BCUT2D eigenvalue weighted by Gasteiger charge is 2.10. The quantitative estimate of drug-likeness (QED) is 0.445. The summed E-state index contributed by atoms with van der Waals surface area (Å²) in [5.41, 5.74) is 0.524. The molecule has 0 aliphatic carbocycles. The Labute approximate surface area is 121 Å². The first-order chi connectivity index (χ1) is 10.0. The van der Waals surface area contributed by atoms with Gasteiger partial charge in [0.25, 0.3) is 0 Å². The zero-order valence-electron chi connectivity index (χ0n) is 11.5. The highest BCUT2D eigenvalue weighted by atomic mass is 16.6. The molecule has 1 aromatic carbocycles. The number of aliphatic hydroxyl groups excluding tert-OH is 1. The molecule has 0 radical (unpaired) electrons. The number of esters is 3. The van der Waals surface area contributed by atoms with Crippen molar-refractivity contribution in [2.24, 2.45) is 0 Å². The molecule has 1 rings (SSSR count). The first-order valence-corrected chi connectivity index (χ1v) is 6.23. The second-order valence-electron chi connectivity index (χ2n) is 3.91. The Morgan fingerprint density at radius 3 is 1.71 bits per heavy atom. The van der Waals surface area contributed by atoms with Gasteiger partial charge in [-0.15, -0.1) is 0 Å². The largest absolute Gasteiger partial charge is 0.462 e.